The van der Waals surface area contributed by atoms with Crippen LogP contribution in [0.4, 0.5) is 0 Å². The third-order valence-electron chi connectivity index (χ3n) is 5.88. The second-order valence-electron chi connectivity index (χ2n) is 8.40. The zero-order valence-electron chi connectivity index (χ0n) is 19.1. The summed E-state index contributed by atoms with van der Waals surface area (Å²) >= 11 is 0. The first-order valence-electron chi connectivity index (χ1n) is 11.2. The van der Waals surface area contributed by atoms with Crippen LogP contribution in [0.5, 0.6) is 0 Å². The largest absolute Gasteiger partial charge is 0.337 e. The minimum atomic E-state index is -3.67. The molecule has 1 fully saturated rings. The van der Waals surface area contributed by atoms with Crippen LogP contribution < -0.4 is 0 Å². The number of amides is 1. The maximum absolute atomic E-state index is 13.4. The first kappa shape index (κ1) is 23.8. The molecule has 0 saturated carbocycles. The molecule has 1 atom stereocenters. The van der Waals surface area contributed by atoms with Crippen molar-refractivity contribution < 1.29 is 17.7 Å². The van der Waals surface area contributed by atoms with E-state index < -0.39 is 15.9 Å². The molecule has 8 nitrogen and oxygen atoms in total. The van der Waals surface area contributed by atoms with Gasteiger partial charge in [0.25, 0.3) is 0 Å². The average Bonchev–Trinajstić information content (AvgIpc) is 3.33. The van der Waals surface area contributed by atoms with Crippen LogP contribution in [0.1, 0.15) is 24.3 Å². The van der Waals surface area contributed by atoms with E-state index in [0.29, 0.717) is 37.6 Å². The van der Waals surface area contributed by atoms with Gasteiger partial charge in [-0.15, -0.1) is 6.58 Å². The number of carbonyl (C=O) groups excluding carboxylic acids is 1. The molecular formula is C25H28N4O4S. The molecular weight excluding hydrogens is 452 g/mol. The van der Waals surface area contributed by atoms with E-state index in [2.05, 4.69) is 16.7 Å². The number of nitrogens with zero attached hydrogens (tertiary/aromatic N) is 4. The van der Waals surface area contributed by atoms with Gasteiger partial charge in [0.2, 0.25) is 27.6 Å². The maximum atomic E-state index is 13.4. The van der Waals surface area contributed by atoms with E-state index >= 15 is 0 Å². The Kier molecular flexibility index (Phi) is 7.23. The fraction of sp³-hybridized carbons (Fsp3) is 0.320. The monoisotopic (exact) mass is 480 g/mol. The van der Waals surface area contributed by atoms with Gasteiger partial charge in [0.1, 0.15) is 6.54 Å². The summed E-state index contributed by atoms with van der Waals surface area (Å²) in [6, 6.07) is 16.2. The van der Waals surface area contributed by atoms with Crippen molar-refractivity contribution >= 4 is 15.9 Å². The van der Waals surface area contributed by atoms with Crippen LogP contribution in [0.25, 0.3) is 11.4 Å². The quantitative estimate of drug-likeness (QED) is 0.457. The van der Waals surface area contributed by atoms with Gasteiger partial charge in [-0.05, 0) is 31.9 Å². The van der Waals surface area contributed by atoms with Crippen LogP contribution in [0.15, 0.2) is 76.7 Å². The van der Waals surface area contributed by atoms with Crippen LogP contribution in [-0.4, -0.2) is 53.3 Å². The molecule has 1 aromatic heterocycles. The molecule has 0 radical (unpaired) electrons. The van der Waals surface area contributed by atoms with Crippen LogP contribution in [0.2, 0.25) is 0 Å². The SMILES string of the molecule is C=CCN(Cc1nc(-c2ccccc2)no1)C(=O)C1CCCN(S(=O)(=O)c2ccc(C)cc2)C1. The molecule has 1 aliphatic heterocycles. The van der Waals surface area contributed by atoms with Crippen molar-refractivity contribution in [2.75, 3.05) is 19.6 Å². The van der Waals surface area contributed by atoms with Crippen molar-refractivity contribution in [3.63, 3.8) is 0 Å². The van der Waals surface area contributed by atoms with E-state index in [0.717, 1.165) is 11.1 Å². The molecule has 0 bridgehead atoms. The summed E-state index contributed by atoms with van der Waals surface area (Å²) in [4.78, 5) is 19.6. The predicted octanol–water partition coefficient (Wildman–Crippen LogP) is 3.66. The van der Waals surface area contributed by atoms with Crippen LogP contribution in [0.3, 0.4) is 0 Å². The molecule has 1 unspecified atom stereocenters. The number of hydrogen-bond acceptors (Lipinski definition) is 6. The Bertz CT molecular complexity index is 1240. The van der Waals surface area contributed by atoms with Crippen LogP contribution >= 0.6 is 0 Å². The molecule has 2 aromatic carbocycles. The third-order valence-corrected chi connectivity index (χ3v) is 7.76. The topological polar surface area (TPSA) is 96.6 Å². The molecule has 1 amide bonds. The van der Waals surface area contributed by atoms with E-state index in [1.165, 1.54) is 4.31 Å². The molecule has 0 aliphatic carbocycles. The van der Waals surface area contributed by atoms with Gasteiger partial charge in [-0.3, -0.25) is 4.79 Å². The van der Waals surface area contributed by atoms with Gasteiger partial charge in [0.05, 0.1) is 10.8 Å². The summed E-state index contributed by atoms with van der Waals surface area (Å²) in [7, 11) is -3.67. The number of piperidine rings is 1. The fourth-order valence-corrected chi connectivity index (χ4v) is 5.58. The van der Waals surface area contributed by atoms with Crippen molar-refractivity contribution in [3.8, 4) is 11.4 Å². The van der Waals surface area contributed by atoms with Gasteiger partial charge in [0.15, 0.2) is 0 Å². The highest BCUT2D eigenvalue weighted by molar-refractivity contribution is 7.89. The van der Waals surface area contributed by atoms with Gasteiger partial charge in [-0.1, -0.05) is 59.3 Å². The van der Waals surface area contributed by atoms with Crippen LogP contribution in [0, 0.1) is 12.8 Å². The van der Waals surface area contributed by atoms with Crippen molar-refractivity contribution in [1.29, 1.82) is 0 Å². The Morgan fingerprint density at radius 3 is 2.65 bits per heavy atom. The first-order chi connectivity index (χ1) is 16.4. The number of hydrogen-bond donors (Lipinski definition) is 0. The lowest BCUT2D eigenvalue weighted by atomic mass is 9.98. The number of aromatic nitrogens is 2. The normalized spacial score (nSPS) is 16.8. The van der Waals surface area contributed by atoms with Gasteiger partial charge in [-0.25, -0.2) is 8.42 Å². The fourth-order valence-electron chi connectivity index (χ4n) is 4.05. The number of aryl methyl sites for hydroxylation is 1. The Labute approximate surface area is 199 Å². The predicted molar refractivity (Wildman–Crippen MR) is 128 cm³/mol. The highest BCUT2D eigenvalue weighted by Crippen LogP contribution is 2.26. The number of sulfonamides is 1. The molecule has 178 valence electrons. The average molecular weight is 481 g/mol. The highest BCUT2D eigenvalue weighted by Gasteiger charge is 2.35. The summed E-state index contributed by atoms with van der Waals surface area (Å²) in [6.07, 6.45) is 2.86. The maximum Gasteiger partial charge on any atom is 0.246 e. The second kappa shape index (κ2) is 10.3. The lowest BCUT2D eigenvalue weighted by molar-refractivity contribution is -0.137. The summed E-state index contributed by atoms with van der Waals surface area (Å²) < 4.78 is 33.1. The molecule has 9 heteroatoms. The van der Waals surface area contributed by atoms with Gasteiger partial charge in [-0.2, -0.15) is 9.29 Å². The zero-order chi connectivity index (χ0) is 24.1. The standard InChI is InChI=1S/C25H28N4O4S/c1-3-15-28(18-23-26-24(27-33-23)20-8-5-4-6-9-20)25(30)21-10-7-16-29(17-21)34(31,32)22-13-11-19(2)12-14-22/h3-6,8-9,11-14,21H,1,7,10,15-18H2,2H3. The van der Waals surface area contributed by atoms with E-state index in [1.807, 2.05) is 37.3 Å². The molecule has 0 spiro atoms. The molecule has 1 saturated heterocycles. The van der Waals surface area contributed by atoms with Crippen molar-refractivity contribution in [2.24, 2.45) is 5.92 Å². The van der Waals surface area contributed by atoms with Crippen molar-refractivity contribution in [1.82, 2.24) is 19.3 Å². The number of rotatable bonds is 8. The number of carbonyl (C=O) groups is 1. The Hall–Kier alpha value is -3.30. The summed E-state index contributed by atoms with van der Waals surface area (Å²) in [5.74, 6) is 0.164. The zero-order valence-corrected chi connectivity index (χ0v) is 19.9. The summed E-state index contributed by atoms with van der Waals surface area (Å²) in [6.45, 7) is 6.63. The van der Waals surface area contributed by atoms with Crippen LogP contribution in [-0.2, 0) is 21.4 Å². The Morgan fingerprint density at radius 2 is 1.94 bits per heavy atom. The summed E-state index contributed by atoms with van der Waals surface area (Å²) in [5.41, 5.74) is 1.81. The Balaban J connectivity index is 1.47. The molecule has 3 aromatic rings. The minimum absolute atomic E-state index is 0.131. The van der Waals surface area contributed by atoms with E-state index in [-0.39, 0.29) is 23.9 Å². The first-order valence-corrected chi connectivity index (χ1v) is 12.7. The molecule has 0 N–H and O–H groups in total. The smallest absolute Gasteiger partial charge is 0.246 e. The number of benzene rings is 2. The van der Waals surface area contributed by atoms with Crippen molar-refractivity contribution in [2.45, 2.75) is 31.2 Å². The Morgan fingerprint density at radius 1 is 1.21 bits per heavy atom. The van der Waals surface area contributed by atoms with E-state index in [1.54, 1.807) is 35.2 Å². The lowest BCUT2D eigenvalue weighted by Crippen LogP contribution is -2.46. The lowest BCUT2D eigenvalue weighted by Gasteiger charge is -2.33. The van der Waals surface area contributed by atoms with Gasteiger partial charge in [0, 0.05) is 25.2 Å². The van der Waals surface area contributed by atoms with Gasteiger partial charge >= 0.3 is 0 Å². The molecule has 4 rings (SSSR count). The third kappa shape index (κ3) is 5.26. The highest BCUT2D eigenvalue weighted by atomic mass is 32.2. The van der Waals surface area contributed by atoms with E-state index in [9.17, 15) is 13.2 Å². The van der Waals surface area contributed by atoms with Crippen molar-refractivity contribution in [3.05, 3.63) is 78.7 Å². The second-order valence-corrected chi connectivity index (χ2v) is 10.3. The van der Waals surface area contributed by atoms with E-state index in [4.69, 9.17) is 4.52 Å². The molecule has 2 heterocycles. The minimum Gasteiger partial charge on any atom is -0.337 e. The van der Waals surface area contributed by atoms with Gasteiger partial charge < -0.3 is 9.42 Å². The summed E-state index contributed by atoms with van der Waals surface area (Å²) in [5, 5.41) is 4.02. The molecule has 34 heavy (non-hydrogen) atoms. The molecule has 1 aliphatic rings.